The molecule has 1 atom stereocenters. The largest absolute Gasteiger partial charge is 0.338 e. The Kier molecular flexibility index (Phi) is 5.70. The summed E-state index contributed by atoms with van der Waals surface area (Å²) in [5.41, 5.74) is 5.57. The van der Waals surface area contributed by atoms with Crippen molar-refractivity contribution < 1.29 is 13.2 Å². The van der Waals surface area contributed by atoms with Crippen molar-refractivity contribution in [3.8, 4) is 0 Å². The first-order valence-electron chi connectivity index (χ1n) is 6.51. The smallest absolute Gasteiger partial charge is 0.232 e. The third kappa shape index (κ3) is 5.71. The maximum absolute atomic E-state index is 12.1. The predicted molar refractivity (Wildman–Crippen MR) is 80.0 cm³/mol. The lowest BCUT2D eigenvalue weighted by Gasteiger charge is -2.27. The average molecular weight is 308 g/mol. The monoisotopic (exact) mass is 308 g/mol. The SMILES string of the molecule is CCN(C(=O)CSCC(C)(C)N)C1CCS(=O)(=O)C1. The summed E-state index contributed by atoms with van der Waals surface area (Å²) in [7, 11) is -2.95. The van der Waals surface area contributed by atoms with Crippen LogP contribution in [0.3, 0.4) is 0 Å². The fourth-order valence-corrected chi connectivity index (χ4v) is 4.84. The second-order valence-electron chi connectivity index (χ2n) is 5.72. The van der Waals surface area contributed by atoms with Crippen molar-refractivity contribution in [2.24, 2.45) is 5.73 Å². The highest BCUT2D eigenvalue weighted by atomic mass is 32.2. The van der Waals surface area contributed by atoms with E-state index in [4.69, 9.17) is 5.73 Å². The van der Waals surface area contributed by atoms with Crippen LogP contribution >= 0.6 is 11.8 Å². The van der Waals surface area contributed by atoms with Gasteiger partial charge >= 0.3 is 0 Å². The summed E-state index contributed by atoms with van der Waals surface area (Å²) in [4.78, 5) is 13.8. The van der Waals surface area contributed by atoms with Crippen LogP contribution in [0.15, 0.2) is 0 Å². The van der Waals surface area contributed by atoms with E-state index >= 15 is 0 Å². The minimum absolute atomic E-state index is 0.0128. The summed E-state index contributed by atoms with van der Waals surface area (Å²) in [6, 6.07) is -0.144. The van der Waals surface area contributed by atoms with Crippen LogP contribution in [0.1, 0.15) is 27.2 Å². The summed E-state index contributed by atoms with van der Waals surface area (Å²) < 4.78 is 22.9. The molecule has 0 saturated carbocycles. The van der Waals surface area contributed by atoms with Crippen molar-refractivity contribution in [3.63, 3.8) is 0 Å². The molecule has 0 aromatic rings. The first-order chi connectivity index (χ1) is 8.64. The number of nitrogens with zero attached hydrogens (tertiary/aromatic N) is 1. The first kappa shape index (κ1) is 16.8. The fraction of sp³-hybridized carbons (Fsp3) is 0.917. The summed E-state index contributed by atoms with van der Waals surface area (Å²) in [5, 5.41) is 0. The molecule has 1 aliphatic heterocycles. The second kappa shape index (κ2) is 6.45. The van der Waals surface area contributed by atoms with Gasteiger partial charge in [0.15, 0.2) is 9.84 Å². The molecule has 0 radical (unpaired) electrons. The third-order valence-electron chi connectivity index (χ3n) is 3.01. The van der Waals surface area contributed by atoms with Crippen molar-refractivity contribution in [2.45, 2.75) is 38.8 Å². The number of amides is 1. The van der Waals surface area contributed by atoms with Crippen LogP contribution in [0.2, 0.25) is 0 Å². The van der Waals surface area contributed by atoms with E-state index in [1.807, 2.05) is 20.8 Å². The van der Waals surface area contributed by atoms with Gasteiger partial charge in [-0.1, -0.05) is 0 Å². The summed E-state index contributed by atoms with van der Waals surface area (Å²) in [5.74, 6) is 1.40. The molecular weight excluding hydrogens is 284 g/mol. The van der Waals surface area contributed by atoms with Gasteiger partial charge in [-0.25, -0.2) is 8.42 Å². The van der Waals surface area contributed by atoms with Gasteiger partial charge in [0.2, 0.25) is 5.91 Å². The molecule has 1 fully saturated rings. The summed E-state index contributed by atoms with van der Waals surface area (Å²) in [6.07, 6.45) is 0.564. The molecular formula is C12H24N2O3S2. The molecule has 2 N–H and O–H groups in total. The Morgan fingerprint density at radius 3 is 2.53 bits per heavy atom. The molecule has 0 bridgehead atoms. The number of hydrogen-bond acceptors (Lipinski definition) is 5. The third-order valence-corrected chi connectivity index (χ3v) is 6.16. The molecule has 112 valence electrons. The molecule has 1 unspecified atom stereocenters. The van der Waals surface area contributed by atoms with E-state index in [1.165, 1.54) is 11.8 Å². The lowest BCUT2D eigenvalue weighted by molar-refractivity contribution is -0.129. The van der Waals surface area contributed by atoms with E-state index in [1.54, 1.807) is 4.90 Å². The van der Waals surface area contributed by atoms with Crippen LogP contribution in [0, 0.1) is 0 Å². The van der Waals surface area contributed by atoms with Gasteiger partial charge in [0, 0.05) is 23.9 Å². The molecule has 19 heavy (non-hydrogen) atoms. The Balaban J connectivity index is 2.49. The van der Waals surface area contributed by atoms with Gasteiger partial charge in [0.25, 0.3) is 0 Å². The van der Waals surface area contributed by atoms with Gasteiger partial charge in [-0.15, -0.1) is 0 Å². The van der Waals surface area contributed by atoms with Crippen molar-refractivity contribution >= 4 is 27.5 Å². The lowest BCUT2D eigenvalue weighted by Crippen LogP contribution is -2.42. The topological polar surface area (TPSA) is 80.5 Å². The molecule has 0 aromatic carbocycles. The number of carbonyl (C=O) groups excluding carboxylic acids is 1. The van der Waals surface area contributed by atoms with Crippen LogP contribution < -0.4 is 5.73 Å². The zero-order chi connectivity index (χ0) is 14.7. The van der Waals surface area contributed by atoms with Gasteiger partial charge in [0.05, 0.1) is 17.3 Å². The number of hydrogen-bond donors (Lipinski definition) is 1. The van der Waals surface area contributed by atoms with E-state index in [0.29, 0.717) is 24.5 Å². The van der Waals surface area contributed by atoms with Gasteiger partial charge in [-0.05, 0) is 27.2 Å². The minimum atomic E-state index is -2.95. The molecule has 1 amide bonds. The van der Waals surface area contributed by atoms with Crippen molar-refractivity contribution in [2.75, 3.05) is 29.6 Å². The maximum atomic E-state index is 12.1. The van der Waals surface area contributed by atoms with Gasteiger partial charge in [0.1, 0.15) is 0 Å². The number of rotatable bonds is 6. The molecule has 1 saturated heterocycles. The summed E-state index contributed by atoms with van der Waals surface area (Å²) in [6.45, 7) is 6.29. The Bertz CT molecular complexity index is 415. The van der Waals surface area contributed by atoms with Crippen molar-refractivity contribution in [1.82, 2.24) is 4.90 Å². The minimum Gasteiger partial charge on any atom is -0.338 e. The van der Waals surface area contributed by atoms with Crippen LogP contribution in [0.5, 0.6) is 0 Å². The fourth-order valence-electron chi connectivity index (χ4n) is 2.14. The average Bonchev–Trinajstić information content (AvgIpc) is 2.58. The Morgan fingerprint density at radius 1 is 1.47 bits per heavy atom. The molecule has 5 nitrogen and oxygen atoms in total. The Hall–Kier alpha value is -0.270. The van der Waals surface area contributed by atoms with E-state index in [9.17, 15) is 13.2 Å². The van der Waals surface area contributed by atoms with E-state index in [0.717, 1.165) is 0 Å². The van der Waals surface area contributed by atoms with Crippen LogP contribution in [-0.2, 0) is 14.6 Å². The van der Waals surface area contributed by atoms with Gasteiger partial charge in [-0.3, -0.25) is 4.79 Å². The molecule has 0 aliphatic carbocycles. The predicted octanol–water partition coefficient (Wildman–Crippen LogP) is 0.493. The Labute approximate surface area is 120 Å². The quantitative estimate of drug-likeness (QED) is 0.772. The molecule has 7 heteroatoms. The van der Waals surface area contributed by atoms with Crippen LogP contribution in [0.25, 0.3) is 0 Å². The molecule has 1 heterocycles. The van der Waals surface area contributed by atoms with E-state index in [-0.39, 0.29) is 29.0 Å². The zero-order valence-electron chi connectivity index (χ0n) is 11.9. The van der Waals surface area contributed by atoms with Crippen LogP contribution in [-0.4, -0.2) is 60.4 Å². The highest BCUT2D eigenvalue weighted by Crippen LogP contribution is 2.19. The maximum Gasteiger partial charge on any atom is 0.232 e. The van der Waals surface area contributed by atoms with E-state index < -0.39 is 9.84 Å². The number of thioether (sulfide) groups is 1. The van der Waals surface area contributed by atoms with Crippen molar-refractivity contribution in [3.05, 3.63) is 0 Å². The zero-order valence-corrected chi connectivity index (χ0v) is 13.5. The first-order valence-corrected chi connectivity index (χ1v) is 9.49. The normalized spacial score (nSPS) is 22.4. The molecule has 1 aliphatic rings. The van der Waals surface area contributed by atoms with Gasteiger partial charge < -0.3 is 10.6 Å². The lowest BCUT2D eigenvalue weighted by atomic mass is 10.1. The van der Waals surface area contributed by atoms with Gasteiger partial charge in [-0.2, -0.15) is 11.8 Å². The number of sulfone groups is 1. The van der Waals surface area contributed by atoms with Crippen molar-refractivity contribution in [1.29, 1.82) is 0 Å². The van der Waals surface area contributed by atoms with E-state index in [2.05, 4.69) is 0 Å². The number of carbonyl (C=O) groups is 1. The highest BCUT2D eigenvalue weighted by molar-refractivity contribution is 8.00. The number of nitrogens with two attached hydrogens (primary N) is 1. The van der Waals surface area contributed by atoms with Crippen LogP contribution in [0.4, 0.5) is 0 Å². The molecule has 1 rings (SSSR count). The molecule has 0 aromatic heterocycles. The molecule has 0 spiro atoms. The highest BCUT2D eigenvalue weighted by Gasteiger charge is 2.33. The second-order valence-corrected chi connectivity index (χ2v) is 8.93. The standard InChI is InChI=1S/C12H24N2O3S2/c1-4-14(10-5-6-19(16,17)8-10)11(15)7-18-9-12(2,3)13/h10H,4-9,13H2,1-3H3. The Morgan fingerprint density at radius 2 is 2.11 bits per heavy atom. The summed E-state index contributed by atoms with van der Waals surface area (Å²) >= 11 is 1.51.